The fourth-order valence-electron chi connectivity index (χ4n) is 0. The van der Waals surface area contributed by atoms with Gasteiger partial charge in [0.05, 0.1) is 0 Å². The largest absolute Gasteiger partial charge is 2.00 e. The Morgan fingerprint density at radius 3 is 0.265 bits per heavy atom. The van der Waals surface area contributed by atoms with Gasteiger partial charge < -0.3 is 0 Å². The first kappa shape index (κ1) is 84.8. The molecule has 4 radical (unpaired) electrons. The Morgan fingerprint density at radius 1 is 0.265 bits per heavy atom. The van der Waals surface area contributed by atoms with Crippen molar-refractivity contribution in [3.8, 4) is 0 Å². The summed E-state index contributed by atoms with van der Waals surface area (Å²) < 4.78 is 180. The zero-order chi connectivity index (χ0) is 25.0. The van der Waals surface area contributed by atoms with Crippen LogP contribution in [-0.4, -0.2) is 146 Å². The third-order valence-electron chi connectivity index (χ3n) is 0. The van der Waals surface area contributed by atoms with E-state index >= 15 is 0 Å². The molecule has 34 heavy (non-hydrogen) atoms. The average molecular weight is 1540 g/mol. The number of hydrogen-bond acceptors (Lipinski definition) is 21. The molecule has 0 saturated carbocycles. The molecular weight excluding hydrogens is 1540 g/mol. The molecule has 0 spiro atoms. The van der Waals surface area contributed by atoms with Crippen LogP contribution in [0.25, 0.3) is 0 Å². The van der Waals surface area contributed by atoms with Gasteiger partial charge in [0, 0.05) is 0 Å². The molecule has 0 aromatic carbocycles. The third kappa shape index (κ3) is 686. The average Bonchev–Trinajstić information content (AvgIpc) is 2.20. The normalized spacial score (nSPS) is 5.35. The minimum atomic E-state index is -4.08. The molecule has 0 bridgehead atoms. The van der Waals surface area contributed by atoms with Crippen LogP contribution in [0.4, 0.5) is 0 Å². The second kappa shape index (κ2) is 79.0. The Morgan fingerprint density at radius 2 is 0.265 bits per heavy atom. The molecule has 0 heterocycles. The molecular formula is La2O21Pb2Sr2Ti7. The van der Waals surface area contributed by atoms with E-state index in [4.69, 9.17) is 74.9 Å². The zero-order valence-electron chi connectivity index (χ0n) is 15.6. The maximum absolute atomic E-state index is 8.58. The molecule has 0 N–H and O–H groups in total. The summed E-state index contributed by atoms with van der Waals surface area (Å²) in [5.74, 6) is 0. The standard InChI is InChI=1S/2La.21O.2Pb.2Sr.7Ti/q2*+3;;;;;;;;14*-1;4*+2;;;;;;;. The topological polar surface area (TPSA) is 442 Å². The summed E-state index contributed by atoms with van der Waals surface area (Å²) in [7, 11) is 0. The maximum Gasteiger partial charge on any atom is 2.00 e. The number of rotatable bonds is 0. The zero-order valence-corrected chi connectivity index (χ0v) is 48.6. The molecule has 21 nitrogen and oxygen atoms in total. The Kier molecular flexibility index (Phi) is 197. The monoisotopic (exact) mass is 1540 g/mol. The van der Waals surface area contributed by atoms with Crippen LogP contribution in [0.2, 0.25) is 0 Å². The van der Waals surface area contributed by atoms with Gasteiger partial charge in [-0.3, -0.25) is 0 Å². The first-order valence-corrected chi connectivity index (χ1v) is 17.7. The van der Waals surface area contributed by atoms with Gasteiger partial charge in [-0.25, -0.2) is 0 Å². The molecule has 0 aromatic rings. The molecule has 0 aromatic heterocycles. The van der Waals surface area contributed by atoms with Crippen LogP contribution >= 0.6 is 0 Å². The smallest absolute Gasteiger partial charge is 2.00 e. The summed E-state index contributed by atoms with van der Waals surface area (Å²) >= 11 is -28.6. The molecule has 0 atom stereocenters. The summed E-state index contributed by atoms with van der Waals surface area (Å²) in [4.78, 5) is 0. The van der Waals surface area contributed by atoms with Crippen LogP contribution in [0.1, 0.15) is 0 Å². The van der Waals surface area contributed by atoms with E-state index in [1.165, 1.54) is 0 Å². The Hall–Kier alpha value is 10.2. The predicted molar refractivity (Wildman–Crippen MR) is 27.8 cm³/mol. The summed E-state index contributed by atoms with van der Waals surface area (Å²) in [6.07, 6.45) is 0. The second-order valence-electron chi connectivity index (χ2n) is 1.75. The quantitative estimate of drug-likeness (QED) is 0.203. The van der Waals surface area contributed by atoms with Crippen molar-refractivity contribution in [2.45, 2.75) is 0 Å². The molecule has 0 amide bonds. The minimum Gasteiger partial charge on any atom is 2.00 e. The van der Waals surface area contributed by atoms with Gasteiger partial charge in [0.2, 0.25) is 0 Å². The van der Waals surface area contributed by atoms with E-state index in [1.54, 1.807) is 0 Å². The molecule has 0 aliphatic heterocycles. The van der Waals surface area contributed by atoms with E-state index in [1.807, 2.05) is 0 Å². The van der Waals surface area contributed by atoms with E-state index in [9.17, 15) is 0 Å². The first-order valence-electron chi connectivity index (χ1n) is 4.29. The SMILES string of the molecule is [La+3].[La+3].[O]=[Ti]([O-])[O-].[O]=[Ti]([O-])[O-].[O]=[Ti]([O-])[O-].[O]=[Ti]([O-])[O-].[O]=[Ti]([O-])[O-].[O]=[Ti]([O-])[O-].[O]=[Ti]([O-])[O-].[Pb+2].[Pb+2].[Sr+2].[Sr+2]. The van der Waals surface area contributed by atoms with E-state index in [-0.39, 0.29) is 217 Å². The van der Waals surface area contributed by atoms with Gasteiger partial charge in [-0.15, -0.1) is 0 Å². The molecule has 0 fully saturated rings. The van der Waals surface area contributed by atoms with E-state index < -0.39 is 130 Å². The molecule has 0 saturated heterocycles. The van der Waals surface area contributed by atoms with Crippen molar-refractivity contribution in [3.63, 3.8) is 0 Å². The first-order chi connectivity index (χ1) is 12.1. The Bertz CT molecular complexity index is 334. The third-order valence-corrected chi connectivity index (χ3v) is 0. The minimum absolute atomic E-state index is 0. The molecule has 0 rings (SSSR count). The molecule has 172 valence electrons. The van der Waals surface area contributed by atoms with Crippen molar-refractivity contribution < 1.29 is 276 Å². The van der Waals surface area contributed by atoms with Crippen molar-refractivity contribution in [2.24, 2.45) is 0 Å². The van der Waals surface area contributed by atoms with Gasteiger partial charge in [0.15, 0.2) is 0 Å². The molecule has 0 aliphatic carbocycles. The van der Waals surface area contributed by atoms with E-state index in [0.717, 1.165) is 0 Å². The predicted octanol–water partition coefficient (Wildman–Crippen LogP) is -19.0. The van der Waals surface area contributed by atoms with Crippen molar-refractivity contribution >= 4 is 146 Å². The van der Waals surface area contributed by atoms with Crippen LogP contribution in [0.3, 0.4) is 0 Å². The Labute approximate surface area is 409 Å². The summed E-state index contributed by atoms with van der Waals surface area (Å²) in [6, 6.07) is 0. The Balaban J connectivity index is -0.0000000134. The molecule has 0 aliphatic rings. The van der Waals surface area contributed by atoms with Gasteiger partial charge in [-0.1, -0.05) is 0 Å². The van der Waals surface area contributed by atoms with Gasteiger partial charge in [-0.2, -0.15) is 0 Å². The van der Waals surface area contributed by atoms with Crippen molar-refractivity contribution in [1.29, 1.82) is 0 Å². The van der Waals surface area contributed by atoms with E-state index in [2.05, 4.69) is 0 Å². The van der Waals surface area contributed by atoms with Crippen LogP contribution in [0, 0.1) is 71.2 Å². The molecule has 34 heteroatoms. The van der Waals surface area contributed by atoms with Crippen molar-refractivity contribution in [2.75, 3.05) is 0 Å². The summed E-state index contributed by atoms with van der Waals surface area (Å²) in [5.41, 5.74) is 0. The van der Waals surface area contributed by atoms with Crippen molar-refractivity contribution in [1.82, 2.24) is 0 Å². The maximum atomic E-state index is 8.58. The van der Waals surface area contributed by atoms with Gasteiger partial charge in [0.1, 0.15) is 0 Å². The van der Waals surface area contributed by atoms with Crippen molar-refractivity contribution in [3.05, 3.63) is 0 Å². The van der Waals surface area contributed by atoms with Crippen LogP contribution in [-0.2, 0) is 154 Å². The fourth-order valence-corrected chi connectivity index (χ4v) is 0. The fraction of sp³-hybridized carbons (Fsp3) is 0. The second-order valence-corrected chi connectivity index (χ2v) is 7.22. The van der Waals surface area contributed by atoms with Gasteiger partial charge >= 0.3 is 422 Å². The van der Waals surface area contributed by atoms with Crippen LogP contribution in [0.15, 0.2) is 0 Å². The summed E-state index contributed by atoms with van der Waals surface area (Å²) in [5, 5.41) is 0. The van der Waals surface area contributed by atoms with E-state index in [0.29, 0.717) is 0 Å². The van der Waals surface area contributed by atoms with Gasteiger partial charge in [-0.05, 0) is 0 Å². The van der Waals surface area contributed by atoms with Crippen LogP contribution in [0.5, 0.6) is 0 Å². The summed E-state index contributed by atoms with van der Waals surface area (Å²) in [6.45, 7) is 0. The molecule has 0 unspecified atom stereocenters. The number of hydrogen-bond donors (Lipinski definition) is 0. The van der Waals surface area contributed by atoms with Crippen LogP contribution < -0.4 is 51.6 Å². The van der Waals surface area contributed by atoms with Gasteiger partial charge in [0.25, 0.3) is 0 Å².